The number of methoxy groups -OCH3 is 1. The fraction of sp³-hybridized carbons (Fsp3) is 0.440. The van der Waals surface area contributed by atoms with Crippen molar-refractivity contribution in [3.05, 3.63) is 59.1 Å². The molecule has 1 aliphatic rings. The van der Waals surface area contributed by atoms with E-state index in [0.717, 1.165) is 31.2 Å². The van der Waals surface area contributed by atoms with Gasteiger partial charge in [-0.2, -0.15) is 0 Å². The molecule has 1 fully saturated rings. The number of hydrogen-bond acceptors (Lipinski definition) is 4. The van der Waals surface area contributed by atoms with Gasteiger partial charge in [0, 0.05) is 17.6 Å². The number of nitrogens with zero attached hydrogens (tertiary/aromatic N) is 1. The van der Waals surface area contributed by atoms with Crippen LogP contribution < -0.4 is 14.8 Å². The van der Waals surface area contributed by atoms with Crippen molar-refractivity contribution < 1.29 is 19.1 Å². The second kappa shape index (κ2) is 11.8. The van der Waals surface area contributed by atoms with Crippen molar-refractivity contribution in [2.45, 2.75) is 57.7 Å². The molecule has 0 bridgehead atoms. The monoisotopic (exact) mass is 458 g/mol. The molecule has 2 aromatic carbocycles. The zero-order valence-corrected chi connectivity index (χ0v) is 19.4. The number of rotatable bonds is 9. The van der Waals surface area contributed by atoms with Crippen LogP contribution in [0.3, 0.4) is 0 Å². The van der Waals surface area contributed by atoms with Gasteiger partial charge in [0.1, 0.15) is 17.5 Å². The van der Waals surface area contributed by atoms with Crippen LogP contribution in [0.25, 0.3) is 0 Å². The van der Waals surface area contributed by atoms with Gasteiger partial charge in [0.15, 0.2) is 6.61 Å². The third-order valence-corrected chi connectivity index (χ3v) is 6.21. The number of carbonyl (C=O) groups is 2. The van der Waals surface area contributed by atoms with Crippen LogP contribution in [0.1, 0.15) is 44.6 Å². The van der Waals surface area contributed by atoms with Gasteiger partial charge in [-0.1, -0.05) is 49.1 Å². The maximum absolute atomic E-state index is 13.1. The number of hydrogen-bond donors (Lipinski definition) is 1. The Hall–Kier alpha value is -2.73. The summed E-state index contributed by atoms with van der Waals surface area (Å²) in [5.74, 6) is 0.821. The van der Waals surface area contributed by atoms with E-state index in [2.05, 4.69) is 5.32 Å². The molecule has 1 aliphatic carbocycles. The molecule has 32 heavy (non-hydrogen) atoms. The van der Waals surface area contributed by atoms with Crippen molar-refractivity contribution in [1.29, 1.82) is 0 Å². The lowest BCUT2D eigenvalue weighted by atomic mass is 9.95. The standard InChI is InChI=1S/C25H31ClN2O4/c1-18(25(30)27-20-9-4-3-5-10-20)28(16-19-8-6-7-11-23(19)26)24(29)17-32-22-14-12-21(31-2)13-15-22/h6-8,11-15,18,20H,3-5,9-10,16-17H2,1-2H3,(H,27,30)/t18-/m0/s1. The Morgan fingerprint density at radius 3 is 2.38 bits per heavy atom. The first-order chi connectivity index (χ1) is 15.5. The molecule has 0 aromatic heterocycles. The molecule has 2 aromatic rings. The van der Waals surface area contributed by atoms with Crippen LogP contribution in [0.15, 0.2) is 48.5 Å². The minimum absolute atomic E-state index is 0.151. The quantitative estimate of drug-likeness (QED) is 0.596. The minimum Gasteiger partial charge on any atom is -0.497 e. The van der Waals surface area contributed by atoms with E-state index in [1.165, 1.54) is 11.3 Å². The molecular formula is C25H31ClN2O4. The van der Waals surface area contributed by atoms with Crippen molar-refractivity contribution in [2.75, 3.05) is 13.7 Å². The van der Waals surface area contributed by atoms with Crippen LogP contribution in [0.2, 0.25) is 5.02 Å². The largest absolute Gasteiger partial charge is 0.497 e. The molecule has 0 spiro atoms. The average Bonchev–Trinajstić information content (AvgIpc) is 2.82. The average molecular weight is 459 g/mol. The molecule has 0 heterocycles. The molecule has 0 unspecified atom stereocenters. The van der Waals surface area contributed by atoms with E-state index < -0.39 is 6.04 Å². The summed E-state index contributed by atoms with van der Waals surface area (Å²) in [7, 11) is 1.59. The van der Waals surface area contributed by atoms with Crippen molar-refractivity contribution in [1.82, 2.24) is 10.2 Å². The first-order valence-corrected chi connectivity index (χ1v) is 11.5. The van der Waals surface area contributed by atoms with Crippen LogP contribution in [-0.2, 0) is 16.1 Å². The molecule has 6 nitrogen and oxygen atoms in total. The van der Waals surface area contributed by atoms with Crippen LogP contribution in [0.4, 0.5) is 0 Å². The Bertz CT molecular complexity index is 897. The van der Waals surface area contributed by atoms with Crippen LogP contribution in [-0.4, -0.2) is 42.5 Å². The van der Waals surface area contributed by atoms with E-state index in [9.17, 15) is 9.59 Å². The van der Waals surface area contributed by atoms with Gasteiger partial charge in [0.05, 0.1) is 7.11 Å². The fourth-order valence-electron chi connectivity index (χ4n) is 3.86. The second-order valence-corrected chi connectivity index (χ2v) is 8.50. The lowest BCUT2D eigenvalue weighted by Crippen LogP contribution is -2.51. The predicted molar refractivity (Wildman–Crippen MR) is 125 cm³/mol. The van der Waals surface area contributed by atoms with E-state index in [-0.39, 0.29) is 31.0 Å². The predicted octanol–water partition coefficient (Wildman–Crippen LogP) is 4.59. The Balaban J connectivity index is 1.70. The Morgan fingerprint density at radius 1 is 1.06 bits per heavy atom. The highest BCUT2D eigenvalue weighted by molar-refractivity contribution is 6.31. The number of ether oxygens (including phenoxy) is 2. The summed E-state index contributed by atoms with van der Waals surface area (Å²) in [4.78, 5) is 27.7. The highest BCUT2D eigenvalue weighted by Gasteiger charge is 2.28. The zero-order valence-electron chi connectivity index (χ0n) is 18.7. The lowest BCUT2D eigenvalue weighted by Gasteiger charge is -2.31. The smallest absolute Gasteiger partial charge is 0.261 e. The molecule has 3 rings (SSSR count). The minimum atomic E-state index is -0.653. The summed E-state index contributed by atoms with van der Waals surface area (Å²) < 4.78 is 10.8. The summed E-state index contributed by atoms with van der Waals surface area (Å²) in [5, 5.41) is 3.68. The third kappa shape index (κ3) is 6.63. The van der Waals surface area contributed by atoms with Crippen molar-refractivity contribution in [3.63, 3.8) is 0 Å². The summed E-state index contributed by atoms with van der Waals surface area (Å²) in [5.41, 5.74) is 0.782. The molecule has 172 valence electrons. The van der Waals surface area contributed by atoms with E-state index in [1.807, 2.05) is 18.2 Å². The van der Waals surface area contributed by atoms with E-state index >= 15 is 0 Å². The highest BCUT2D eigenvalue weighted by atomic mass is 35.5. The molecule has 1 atom stereocenters. The van der Waals surface area contributed by atoms with Gasteiger partial charge >= 0.3 is 0 Å². The number of benzene rings is 2. The Labute approximate surface area is 194 Å². The molecule has 7 heteroatoms. The van der Waals surface area contributed by atoms with Gasteiger partial charge in [-0.05, 0) is 55.7 Å². The highest BCUT2D eigenvalue weighted by Crippen LogP contribution is 2.21. The first-order valence-electron chi connectivity index (χ1n) is 11.1. The molecule has 0 radical (unpaired) electrons. The third-order valence-electron chi connectivity index (χ3n) is 5.84. The van der Waals surface area contributed by atoms with Crippen LogP contribution in [0, 0.1) is 0 Å². The van der Waals surface area contributed by atoms with Gasteiger partial charge in [0.2, 0.25) is 5.91 Å². The molecule has 2 amide bonds. The summed E-state index contributed by atoms with van der Waals surface area (Å²) >= 11 is 6.33. The maximum Gasteiger partial charge on any atom is 0.261 e. The van der Waals surface area contributed by atoms with Gasteiger partial charge in [-0.25, -0.2) is 0 Å². The van der Waals surface area contributed by atoms with Crippen molar-refractivity contribution in [2.24, 2.45) is 0 Å². The zero-order chi connectivity index (χ0) is 22.9. The molecular weight excluding hydrogens is 428 g/mol. The normalized spacial score (nSPS) is 15.0. The molecule has 0 aliphatic heterocycles. The van der Waals surface area contributed by atoms with Gasteiger partial charge in [0.25, 0.3) is 5.91 Å². The fourth-order valence-corrected chi connectivity index (χ4v) is 4.06. The lowest BCUT2D eigenvalue weighted by molar-refractivity contribution is -0.142. The SMILES string of the molecule is COc1ccc(OCC(=O)N(Cc2ccccc2Cl)[C@@H](C)C(=O)NC2CCCCC2)cc1. The second-order valence-electron chi connectivity index (χ2n) is 8.10. The molecule has 1 saturated carbocycles. The summed E-state index contributed by atoms with van der Waals surface area (Å²) in [6.07, 6.45) is 5.42. The van der Waals surface area contributed by atoms with Crippen molar-refractivity contribution in [3.8, 4) is 11.5 Å². The maximum atomic E-state index is 13.1. The number of halogens is 1. The van der Waals surface area contributed by atoms with Gasteiger partial charge in [-0.3, -0.25) is 9.59 Å². The van der Waals surface area contributed by atoms with E-state index in [4.69, 9.17) is 21.1 Å². The van der Waals surface area contributed by atoms with Crippen molar-refractivity contribution >= 4 is 23.4 Å². The van der Waals surface area contributed by atoms with E-state index in [1.54, 1.807) is 44.4 Å². The number of carbonyl (C=O) groups excluding carboxylic acids is 2. The Kier molecular flexibility index (Phi) is 8.80. The van der Waals surface area contributed by atoms with Crippen LogP contribution in [0.5, 0.6) is 11.5 Å². The summed E-state index contributed by atoms with van der Waals surface area (Å²) in [6.45, 7) is 1.79. The van der Waals surface area contributed by atoms with E-state index in [0.29, 0.717) is 16.5 Å². The summed E-state index contributed by atoms with van der Waals surface area (Å²) in [6, 6.07) is 13.9. The molecule has 0 saturated heterocycles. The number of amides is 2. The molecule has 1 N–H and O–H groups in total. The van der Waals surface area contributed by atoms with Crippen LogP contribution >= 0.6 is 11.6 Å². The number of nitrogens with one attached hydrogen (secondary N) is 1. The first kappa shape index (κ1) is 23.9. The Morgan fingerprint density at radius 2 is 1.72 bits per heavy atom. The van der Waals surface area contributed by atoms with Gasteiger partial charge < -0.3 is 19.7 Å². The topological polar surface area (TPSA) is 67.9 Å². The van der Waals surface area contributed by atoms with Gasteiger partial charge in [-0.15, -0.1) is 0 Å².